The van der Waals surface area contributed by atoms with Crippen molar-refractivity contribution in [3.05, 3.63) is 0 Å². The Balaban J connectivity index is 4.48. The van der Waals surface area contributed by atoms with Crippen molar-refractivity contribution in [2.45, 2.75) is 48.6 Å². The average molecular weight is 405 g/mol. The molecule has 0 bridgehead atoms. The zero-order chi connectivity index (χ0) is 15.3. The third-order valence-electron chi connectivity index (χ3n) is 2.19. The molecular formula is C9H13F7O2Sn. The summed E-state index contributed by atoms with van der Waals surface area (Å²) in [6.07, 6.45) is -4.57. The Kier molecular flexibility index (Phi) is 7.21. The number of unbranched alkanes of at least 4 members (excludes halogenated alkanes) is 2. The summed E-state index contributed by atoms with van der Waals surface area (Å²) in [6, 6.07) is 0. The average Bonchev–Trinajstić information content (AvgIpc) is 2.22. The van der Waals surface area contributed by atoms with Crippen LogP contribution in [0.4, 0.5) is 30.7 Å². The van der Waals surface area contributed by atoms with E-state index >= 15 is 0 Å². The molecule has 0 aliphatic heterocycles. The zero-order valence-corrected chi connectivity index (χ0v) is 12.9. The fourth-order valence-electron chi connectivity index (χ4n) is 1.09. The Morgan fingerprint density at radius 1 is 1.00 bits per heavy atom. The minimum atomic E-state index is -6.39. The van der Waals surface area contributed by atoms with Crippen molar-refractivity contribution >= 4 is 20.2 Å². The second kappa shape index (κ2) is 7.18. The predicted molar refractivity (Wildman–Crippen MR) is 52.7 cm³/mol. The van der Waals surface area contributed by atoms with Gasteiger partial charge in [0.1, 0.15) is 0 Å². The van der Waals surface area contributed by atoms with Gasteiger partial charge in [-0.05, 0) is 0 Å². The van der Waals surface area contributed by atoms with Crippen molar-refractivity contribution in [1.29, 1.82) is 0 Å². The first-order valence-electron chi connectivity index (χ1n) is 5.43. The van der Waals surface area contributed by atoms with E-state index in [0.29, 0.717) is 12.8 Å². The Morgan fingerprint density at radius 3 is 1.95 bits per heavy atom. The molecule has 0 fully saturated rings. The van der Waals surface area contributed by atoms with Crippen molar-refractivity contribution in [3.63, 3.8) is 0 Å². The van der Waals surface area contributed by atoms with Gasteiger partial charge in [0.05, 0.1) is 0 Å². The van der Waals surface area contributed by atoms with Gasteiger partial charge in [-0.25, -0.2) is 0 Å². The SMILES string of the molecule is CCCCC[O][Sn](=[O])[CH2]C(F)(F)C(F)(F)C(F)(F)F. The topological polar surface area (TPSA) is 26.3 Å². The molecule has 0 aliphatic rings. The molecule has 0 N–H and O–H groups in total. The summed E-state index contributed by atoms with van der Waals surface area (Å²) < 4.78 is 99.4. The van der Waals surface area contributed by atoms with Crippen LogP contribution < -0.4 is 0 Å². The summed E-state index contributed by atoms with van der Waals surface area (Å²) in [5.74, 6) is -11.6. The maximum absolute atomic E-state index is 12.8. The van der Waals surface area contributed by atoms with Gasteiger partial charge in [-0.3, -0.25) is 0 Å². The van der Waals surface area contributed by atoms with E-state index in [9.17, 15) is 33.8 Å². The van der Waals surface area contributed by atoms with Crippen LogP contribution in [0.1, 0.15) is 26.2 Å². The van der Waals surface area contributed by atoms with E-state index in [2.05, 4.69) is 3.07 Å². The van der Waals surface area contributed by atoms with Crippen LogP contribution in [-0.2, 0) is 6.15 Å². The molecule has 2 nitrogen and oxygen atoms in total. The normalized spacial score (nSPS) is 13.7. The number of halogens is 7. The molecule has 19 heavy (non-hydrogen) atoms. The molecule has 0 heterocycles. The summed E-state index contributed by atoms with van der Waals surface area (Å²) in [5, 5.41) is 0. The first-order chi connectivity index (χ1) is 8.45. The standard InChI is InChI=1S/C5H11O.C4H2F7.O.Sn/c1-2-3-4-5-6;1-2(5,6)3(7,8)4(9,10)11;;/h2-5H2,1H3;1H2;;/q-1;;;+1. The molecule has 0 amide bonds. The van der Waals surface area contributed by atoms with Crippen molar-refractivity contribution in [2.75, 3.05) is 6.61 Å². The van der Waals surface area contributed by atoms with Gasteiger partial charge in [-0.15, -0.1) is 0 Å². The number of hydrogen-bond acceptors (Lipinski definition) is 2. The van der Waals surface area contributed by atoms with Gasteiger partial charge in [0.15, 0.2) is 0 Å². The molecule has 0 aromatic heterocycles. The van der Waals surface area contributed by atoms with Gasteiger partial charge in [-0.1, -0.05) is 0 Å². The van der Waals surface area contributed by atoms with Crippen molar-refractivity contribution in [3.8, 4) is 0 Å². The van der Waals surface area contributed by atoms with Gasteiger partial charge >= 0.3 is 112 Å². The molecule has 114 valence electrons. The molecule has 0 saturated heterocycles. The van der Waals surface area contributed by atoms with Crippen LogP contribution in [-0.4, -0.2) is 44.8 Å². The molecule has 0 aromatic carbocycles. The summed E-state index contributed by atoms with van der Waals surface area (Å²) in [4.78, 5) is 0. The van der Waals surface area contributed by atoms with E-state index < -0.39 is 42.6 Å². The van der Waals surface area contributed by atoms with Crippen LogP contribution in [0, 0.1) is 0 Å². The molecule has 10 heteroatoms. The maximum atomic E-state index is 12.8. The fourth-order valence-corrected chi connectivity index (χ4v) is 4.11. The molecule has 0 aliphatic carbocycles. The monoisotopic (exact) mass is 406 g/mol. The van der Waals surface area contributed by atoms with Crippen LogP contribution in [0.15, 0.2) is 0 Å². The van der Waals surface area contributed by atoms with Crippen molar-refractivity contribution in [1.82, 2.24) is 0 Å². The molecule has 0 unspecified atom stereocenters. The summed E-state index contributed by atoms with van der Waals surface area (Å²) in [6.45, 7) is 1.66. The summed E-state index contributed by atoms with van der Waals surface area (Å²) >= 11 is -4.60. The molecular weight excluding hydrogens is 392 g/mol. The van der Waals surface area contributed by atoms with Crippen LogP contribution in [0.2, 0.25) is 4.44 Å². The summed E-state index contributed by atoms with van der Waals surface area (Å²) in [7, 11) is 0. The van der Waals surface area contributed by atoms with Gasteiger partial charge in [-0.2, -0.15) is 0 Å². The van der Waals surface area contributed by atoms with E-state index in [-0.39, 0.29) is 6.61 Å². The summed E-state index contributed by atoms with van der Waals surface area (Å²) in [5.41, 5.74) is 0. The molecule has 0 saturated carbocycles. The fraction of sp³-hybridized carbons (Fsp3) is 1.00. The van der Waals surface area contributed by atoms with Crippen LogP contribution in [0.5, 0.6) is 0 Å². The Bertz CT molecular complexity index is 303. The van der Waals surface area contributed by atoms with E-state index in [0.717, 1.165) is 6.42 Å². The van der Waals surface area contributed by atoms with E-state index in [1.54, 1.807) is 0 Å². The van der Waals surface area contributed by atoms with Gasteiger partial charge in [0.25, 0.3) is 0 Å². The number of rotatable bonds is 8. The quantitative estimate of drug-likeness (QED) is 0.348. The number of alkyl halides is 7. The Labute approximate surface area is 113 Å². The van der Waals surface area contributed by atoms with E-state index in [1.807, 2.05) is 6.92 Å². The van der Waals surface area contributed by atoms with Crippen LogP contribution in [0.3, 0.4) is 0 Å². The zero-order valence-electron chi connectivity index (χ0n) is 10.00. The van der Waals surface area contributed by atoms with Crippen molar-refractivity contribution in [2.24, 2.45) is 0 Å². The van der Waals surface area contributed by atoms with Crippen LogP contribution in [0.25, 0.3) is 0 Å². The Morgan fingerprint density at radius 2 is 1.53 bits per heavy atom. The second-order valence-electron chi connectivity index (χ2n) is 3.88. The van der Waals surface area contributed by atoms with E-state index in [1.165, 1.54) is 0 Å². The van der Waals surface area contributed by atoms with E-state index in [4.69, 9.17) is 0 Å². The van der Waals surface area contributed by atoms with Crippen molar-refractivity contribution < 1.29 is 36.9 Å². The minimum absolute atomic E-state index is 0.167. The predicted octanol–water partition coefficient (Wildman–Crippen LogP) is 3.94. The molecule has 0 rings (SSSR count). The second-order valence-corrected chi connectivity index (χ2v) is 7.84. The molecule has 0 aromatic rings. The first kappa shape index (κ1) is 19.1. The van der Waals surface area contributed by atoms with Gasteiger partial charge < -0.3 is 0 Å². The van der Waals surface area contributed by atoms with Gasteiger partial charge in [0.2, 0.25) is 0 Å². The third kappa shape index (κ3) is 5.52. The third-order valence-corrected chi connectivity index (χ3v) is 5.79. The Hall–Kier alpha value is 0.0687. The first-order valence-corrected chi connectivity index (χ1v) is 9.78. The molecule has 0 atom stereocenters. The molecule has 0 spiro atoms. The van der Waals surface area contributed by atoms with Gasteiger partial charge in [0, 0.05) is 0 Å². The number of hydrogen-bond donors (Lipinski definition) is 0. The van der Waals surface area contributed by atoms with Crippen LogP contribution >= 0.6 is 0 Å². The molecule has 0 radical (unpaired) electrons.